The van der Waals surface area contributed by atoms with Crippen LogP contribution in [0.15, 0.2) is 10.9 Å². The summed E-state index contributed by atoms with van der Waals surface area (Å²) in [7, 11) is 0. The maximum absolute atomic E-state index is 12.1. The van der Waals surface area contributed by atoms with Crippen molar-refractivity contribution in [2.45, 2.75) is 32.7 Å². The Balaban J connectivity index is 1.82. The van der Waals surface area contributed by atoms with E-state index >= 15 is 0 Å². The second-order valence-electron chi connectivity index (χ2n) is 5.10. The van der Waals surface area contributed by atoms with Gasteiger partial charge in [0.25, 0.3) is 5.91 Å². The van der Waals surface area contributed by atoms with Crippen LogP contribution in [0.3, 0.4) is 0 Å². The molecule has 0 aliphatic carbocycles. The molecule has 1 N–H and O–H groups in total. The maximum Gasteiger partial charge on any atom is 0.273 e. The van der Waals surface area contributed by atoms with Crippen molar-refractivity contribution >= 4 is 23.2 Å². The first-order chi connectivity index (χ1) is 9.08. The molecule has 104 valence electrons. The molecule has 5 nitrogen and oxygen atoms in total. The number of rotatable bonds is 3. The number of piperidine rings is 1. The number of nitrogens with one attached hydrogen (secondary N) is 1. The Bertz CT molecular complexity index is 437. The number of hydrogen-bond donors (Lipinski definition) is 1. The SMILES string of the molecule is CC(C)C(=O)NC1CCN(C(=O)c2cscn2)CC1. The summed E-state index contributed by atoms with van der Waals surface area (Å²) in [6.07, 6.45) is 1.63. The number of hydrogen-bond acceptors (Lipinski definition) is 4. The molecule has 0 radical (unpaired) electrons. The van der Waals surface area contributed by atoms with Gasteiger partial charge in [0.2, 0.25) is 5.91 Å². The maximum atomic E-state index is 12.1. The molecular formula is C13H19N3O2S. The molecule has 19 heavy (non-hydrogen) atoms. The molecular weight excluding hydrogens is 262 g/mol. The molecule has 0 unspecified atom stereocenters. The van der Waals surface area contributed by atoms with Crippen molar-refractivity contribution in [2.75, 3.05) is 13.1 Å². The largest absolute Gasteiger partial charge is 0.353 e. The smallest absolute Gasteiger partial charge is 0.273 e. The minimum atomic E-state index is -0.00474. The number of carbonyl (C=O) groups is 2. The number of thiazole rings is 1. The van der Waals surface area contributed by atoms with Crippen molar-refractivity contribution in [1.29, 1.82) is 0 Å². The van der Waals surface area contributed by atoms with E-state index in [9.17, 15) is 9.59 Å². The molecule has 0 spiro atoms. The molecule has 1 fully saturated rings. The number of aromatic nitrogens is 1. The van der Waals surface area contributed by atoms with Crippen LogP contribution in [0.1, 0.15) is 37.2 Å². The van der Waals surface area contributed by atoms with Crippen molar-refractivity contribution in [2.24, 2.45) is 5.92 Å². The first-order valence-corrected chi connectivity index (χ1v) is 7.50. The highest BCUT2D eigenvalue weighted by Crippen LogP contribution is 2.14. The topological polar surface area (TPSA) is 62.3 Å². The van der Waals surface area contributed by atoms with E-state index in [0.29, 0.717) is 18.8 Å². The molecule has 6 heteroatoms. The van der Waals surface area contributed by atoms with Crippen molar-refractivity contribution in [3.05, 3.63) is 16.6 Å². The van der Waals surface area contributed by atoms with Crippen LogP contribution in [0, 0.1) is 5.92 Å². The van der Waals surface area contributed by atoms with Gasteiger partial charge in [-0.25, -0.2) is 4.98 Å². The Labute approximate surface area is 117 Å². The summed E-state index contributed by atoms with van der Waals surface area (Å²) in [5.41, 5.74) is 2.19. The lowest BCUT2D eigenvalue weighted by atomic mass is 10.0. The lowest BCUT2D eigenvalue weighted by Gasteiger charge is -2.32. The number of carbonyl (C=O) groups excluding carboxylic acids is 2. The van der Waals surface area contributed by atoms with Gasteiger partial charge in [0.15, 0.2) is 0 Å². The number of likely N-dealkylation sites (tertiary alicyclic amines) is 1. The van der Waals surface area contributed by atoms with Gasteiger partial charge in [-0.1, -0.05) is 13.8 Å². The first kappa shape index (κ1) is 14.0. The monoisotopic (exact) mass is 281 g/mol. The van der Waals surface area contributed by atoms with Crippen molar-refractivity contribution in [3.63, 3.8) is 0 Å². The standard InChI is InChI=1S/C13H19N3O2S/c1-9(2)12(17)15-10-3-5-16(6-4-10)13(18)11-7-19-8-14-11/h7-10H,3-6H2,1-2H3,(H,15,17). The molecule has 0 bridgehead atoms. The van der Waals surface area contributed by atoms with Crippen LogP contribution in [0.25, 0.3) is 0 Å². The Kier molecular flexibility index (Phi) is 4.52. The average Bonchev–Trinajstić information content (AvgIpc) is 2.92. The molecule has 2 amide bonds. The van der Waals surface area contributed by atoms with E-state index in [2.05, 4.69) is 10.3 Å². The van der Waals surface area contributed by atoms with Gasteiger partial charge in [0.05, 0.1) is 5.51 Å². The van der Waals surface area contributed by atoms with E-state index in [4.69, 9.17) is 0 Å². The molecule has 0 saturated carbocycles. The van der Waals surface area contributed by atoms with Crippen LogP contribution in [-0.4, -0.2) is 40.8 Å². The van der Waals surface area contributed by atoms with Crippen LogP contribution in [0.5, 0.6) is 0 Å². The van der Waals surface area contributed by atoms with E-state index in [1.165, 1.54) is 11.3 Å². The van der Waals surface area contributed by atoms with Gasteiger partial charge in [0.1, 0.15) is 5.69 Å². The predicted molar refractivity (Wildman–Crippen MR) is 74.0 cm³/mol. The fourth-order valence-corrected chi connectivity index (χ4v) is 2.60. The third-order valence-electron chi connectivity index (χ3n) is 3.30. The van der Waals surface area contributed by atoms with Gasteiger partial charge < -0.3 is 10.2 Å². The molecule has 0 aromatic carbocycles. The number of amides is 2. The minimum absolute atomic E-state index is 0.00474. The Morgan fingerprint density at radius 2 is 2.11 bits per heavy atom. The molecule has 0 atom stereocenters. The van der Waals surface area contributed by atoms with Gasteiger partial charge in [-0.2, -0.15) is 0 Å². The van der Waals surface area contributed by atoms with Crippen LogP contribution in [0.4, 0.5) is 0 Å². The molecule has 1 aromatic rings. The van der Waals surface area contributed by atoms with Crippen LogP contribution < -0.4 is 5.32 Å². The highest BCUT2D eigenvalue weighted by molar-refractivity contribution is 7.07. The zero-order chi connectivity index (χ0) is 13.8. The zero-order valence-corrected chi connectivity index (χ0v) is 12.1. The van der Waals surface area contributed by atoms with E-state index in [-0.39, 0.29) is 23.8 Å². The van der Waals surface area contributed by atoms with E-state index in [1.807, 2.05) is 18.7 Å². The summed E-state index contributed by atoms with van der Waals surface area (Å²) in [6.45, 7) is 5.13. The summed E-state index contributed by atoms with van der Waals surface area (Å²) >= 11 is 1.43. The van der Waals surface area contributed by atoms with Crippen LogP contribution in [-0.2, 0) is 4.79 Å². The normalized spacial score (nSPS) is 16.7. The molecule has 2 heterocycles. The quantitative estimate of drug-likeness (QED) is 0.913. The summed E-state index contributed by atoms with van der Waals surface area (Å²) in [5.74, 6) is 0.0915. The Hall–Kier alpha value is -1.43. The van der Waals surface area contributed by atoms with Gasteiger partial charge in [0, 0.05) is 30.4 Å². The molecule has 1 aliphatic rings. The third-order valence-corrected chi connectivity index (χ3v) is 3.89. The second-order valence-corrected chi connectivity index (χ2v) is 5.82. The highest BCUT2D eigenvalue weighted by Gasteiger charge is 2.25. The lowest BCUT2D eigenvalue weighted by molar-refractivity contribution is -0.124. The summed E-state index contributed by atoms with van der Waals surface area (Å²) in [6, 6.07) is 0.189. The van der Waals surface area contributed by atoms with Gasteiger partial charge >= 0.3 is 0 Å². The first-order valence-electron chi connectivity index (χ1n) is 6.55. The predicted octanol–water partition coefficient (Wildman–Crippen LogP) is 1.52. The van der Waals surface area contributed by atoms with Crippen LogP contribution in [0.2, 0.25) is 0 Å². The minimum Gasteiger partial charge on any atom is -0.353 e. The second kappa shape index (κ2) is 6.14. The van der Waals surface area contributed by atoms with Crippen molar-refractivity contribution < 1.29 is 9.59 Å². The summed E-state index contributed by atoms with van der Waals surface area (Å²) < 4.78 is 0. The fraction of sp³-hybridized carbons (Fsp3) is 0.615. The molecule has 2 rings (SSSR count). The molecule has 1 aromatic heterocycles. The lowest BCUT2D eigenvalue weighted by Crippen LogP contribution is -2.47. The Morgan fingerprint density at radius 3 is 2.63 bits per heavy atom. The van der Waals surface area contributed by atoms with Gasteiger partial charge in [-0.05, 0) is 12.8 Å². The highest BCUT2D eigenvalue weighted by atomic mass is 32.1. The van der Waals surface area contributed by atoms with Gasteiger partial charge in [-0.3, -0.25) is 9.59 Å². The number of nitrogens with zero attached hydrogens (tertiary/aromatic N) is 2. The fourth-order valence-electron chi connectivity index (χ4n) is 2.07. The third kappa shape index (κ3) is 3.53. The zero-order valence-electron chi connectivity index (χ0n) is 11.3. The molecule has 1 saturated heterocycles. The van der Waals surface area contributed by atoms with Crippen molar-refractivity contribution in [3.8, 4) is 0 Å². The average molecular weight is 281 g/mol. The summed E-state index contributed by atoms with van der Waals surface area (Å²) in [4.78, 5) is 29.5. The van der Waals surface area contributed by atoms with E-state index in [1.54, 1.807) is 10.9 Å². The van der Waals surface area contributed by atoms with E-state index in [0.717, 1.165) is 12.8 Å². The van der Waals surface area contributed by atoms with E-state index < -0.39 is 0 Å². The van der Waals surface area contributed by atoms with Crippen LogP contribution >= 0.6 is 11.3 Å². The Morgan fingerprint density at radius 1 is 1.42 bits per heavy atom. The van der Waals surface area contributed by atoms with Gasteiger partial charge in [-0.15, -0.1) is 11.3 Å². The molecule has 1 aliphatic heterocycles. The van der Waals surface area contributed by atoms with Crippen molar-refractivity contribution in [1.82, 2.24) is 15.2 Å². The summed E-state index contributed by atoms with van der Waals surface area (Å²) in [5, 5.41) is 4.79.